The second kappa shape index (κ2) is 9.75. The molecule has 0 spiro atoms. The minimum absolute atomic E-state index is 0.368. The molecule has 0 bridgehead atoms. The van der Waals surface area contributed by atoms with Crippen LogP contribution in [0.4, 0.5) is 0 Å². The zero-order valence-electron chi connectivity index (χ0n) is 16.2. The van der Waals surface area contributed by atoms with Crippen LogP contribution in [0.3, 0.4) is 0 Å². The van der Waals surface area contributed by atoms with Crippen molar-refractivity contribution in [2.75, 3.05) is 33.2 Å². The first-order chi connectivity index (χ1) is 13.6. The number of aliphatic imine (C=N–C) groups is 1. The molecule has 0 unspecified atom stereocenters. The summed E-state index contributed by atoms with van der Waals surface area (Å²) in [6, 6.07) is 12.5. The molecule has 2 heterocycles. The predicted molar refractivity (Wildman–Crippen MR) is 110 cm³/mol. The van der Waals surface area contributed by atoms with Gasteiger partial charge in [0, 0.05) is 39.6 Å². The van der Waals surface area contributed by atoms with Crippen LogP contribution in [0.15, 0.2) is 63.0 Å². The standard InChI is InChI=1S/C20H28N4O3S/c1-21-20(22-12-9-18-6-5-15-27-18)23-16-17-10-13-24(14-11-17)28(25,26)19-7-3-2-4-8-19/h2-8,15,17H,9-14,16H2,1H3,(H2,21,22,23). The van der Waals surface area contributed by atoms with Crippen LogP contribution in [0.5, 0.6) is 0 Å². The molecule has 1 aliphatic rings. The number of benzene rings is 1. The van der Waals surface area contributed by atoms with Crippen molar-refractivity contribution in [2.45, 2.75) is 24.2 Å². The Labute approximate surface area is 166 Å². The maximum atomic E-state index is 12.7. The van der Waals surface area contributed by atoms with Crippen LogP contribution in [-0.2, 0) is 16.4 Å². The van der Waals surface area contributed by atoms with Crippen molar-refractivity contribution in [3.05, 3.63) is 54.5 Å². The third kappa shape index (κ3) is 5.36. The summed E-state index contributed by atoms with van der Waals surface area (Å²) in [5.41, 5.74) is 0. The first-order valence-electron chi connectivity index (χ1n) is 9.61. The molecule has 28 heavy (non-hydrogen) atoms. The summed E-state index contributed by atoms with van der Waals surface area (Å²) < 4.78 is 32.3. The molecule has 0 radical (unpaired) electrons. The zero-order chi connectivity index (χ0) is 19.8. The Balaban J connectivity index is 1.41. The summed E-state index contributed by atoms with van der Waals surface area (Å²) in [5, 5.41) is 6.62. The van der Waals surface area contributed by atoms with Crippen molar-refractivity contribution < 1.29 is 12.8 Å². The Hall–Kier alpha value is -2.32. The average molecular weight is 405 g/mol. The molecule has 8 heteroatoms. The lowest BCUT2D eigenvalue weighted by atomic mass is 9.98. The molecule has 7 nitrogen and oxygen atoms in total. The van der Waals surface area contributed by atoms with E-state index in [0.717, 1.165) is 44.1 Å². The topological polar surface area (TPSA) is 86.9 Å². The lowest BCUT2D eigenvalue weighted by Gasteiger charge is -2.31. The van der Waals surface area contributed by atoms with E-state index in [-0.39, 0.29) is 0 Å². The van der Waals surface area contributed by atoms with E-state index in [1.165, 1.54) is 0 Å². The van der Waals surface area contributed by atoms with Crippen LogP contribution >= 0.6 is 0 Å². The van der Waals surface area contributed by atoms with Crippen LogP contribution in [0, 0.1) is 5.92 Å². The fourth-order valence-electron chi connectivity index (χ4n) is 3.32. The highest BCUT2D eigenvalue weighted by Gasteiger charge is 2.29. The number of nitrogens with zero attached hydrogens (tertiary/aromatic N) is 2. The Morgan fingerprint density at radius 3 is 2.54 bits per heavy atom. The molecule has 3 rings (SSSR count). The van der Waals surface area contributed by atoms with E-state index >= 15 is 0 Å². The van der Waals surface area contributed by atoms with Crippen molar-refractivity contribution in [3.8, 4) is 0 Å². The Morgan fingerprint density at radius 1 is 1.14 bits per heavy atom. The number of guanidine groups is 1. The summed E-state index contributed by atoms with van der Waals surface area (Å²) in [7, 11) is -1.64. The van der Waals surface area contributed by atoms with E-state index in [9.17, 15) is 8.42 Å². The van der Waals surface area contributed by atoms with E-state index in [4.69, 9.17) is 4.42 Å². The zero-order valence-corrected chi connectivity index (χ0v) is 17.0. The minimum Gasteiger partial charge on any atom is -0.469 e. The van der Waals surface area contributed by atoms with Gasteiger partial charge in [0.1, 0.15) is 5.76 Å². The highest BCUT2D eigenvalue weighted by Crippen LogP contribution is 2.23. The second-order valence-electron chi connectivity index (χ2n) is 6.87. The summed E-state index contributed by atoms with van der Waals surface area (Å²) >= 11 is 0. The van der Waals surface area contributed by atoms with E-state index in [0.29, 0.717) is 23.9 Å². The molecule has 1 aromatic carbocycles. The monoisotopic (exact) mass is 404 g/mol. The van der Waals surface area contributed by atoms with Crippen LogP contribution in [-0.4, -0.2) is 51.9 Å². The molecule has 0 amide bonds. The number of piperidine rings is 1. The molecule has 152 valence electrons. The SMILES string of the molecule is CN=C(NCCc1ccco1)NCC1CCN(S(=O)(=O)c2ccccc2)CC1. The second-order valence-corrected chi connectivity index (χ2v) is 8.81. The molecule has 0 aliphatic carbocycles. The van der Waals surface area contributed by atoms with Crippen LogP contribution < -0.4 is 10.6 Å². The first-order valence-corrected chi connectivity index (χ1v) is 11.1. The summed E-state index contributed by atoms with van der Waals surface area (Å²) in [4.78, 5) is 4.61. The summed E-state index contributed by atoms with van der Waals surface area (Å²) in [5.74, 6) is 2.12. The normalized spacial score (nSPS) is 16.8. The predicted octanol–water partition coefficient (Wildman–Crippen LogP) is 2.09. The minimum atomic E-state index is -3.39. The van der Waals surface area contributed by atoms with Crippen molar-refractivity contribution in [1.82, 2.24) is 14.9 Å². The van der Waals surface area contributed by atoms with Crippen molar-refractivity contribution in [2.24, 2.45) is 10.9 Å². The molecule has 2 N–H and O–H groups in total. The number of furan rings is 1. The first kappa shape index (κ1) is 20.4. The van der Waals surface area contributed by atoms with Gasteiger partial charge in [-0.05, 0) is 43.0 Å². The van der Waals surface area contributed by atoms with E-state index in [1.54, 1.807) is 41.9 Å². The molecular formula is C20H28N4O3S. The van der Waals surface area contributed by atoms with E-state index in [2.05, 4.69) is 15.6 Å². The van der Waals surface area contributed by atoms with Gasteiger partial charge in [0.15, 0.2) is 5.96 Å². The average Bonchev–Trinajstić information content (AvgIpc) is 3.25. The van der Waals surface area contributed by atoms with Gasteiger partial charge in [0.2, 0.25) is 10.0 Å². The molecule has 1 aromatic heterocycles. The highest BCUT2D eigenvalue weighted by atomic mass is 32.2. The lowest BCUT2D eigenvalue weighted by molar-refractivity contribution is 0.273. The van der Waals surface area contributed by atoms with E-state index in [1.807, 2.05) is 18.2 Å². The molecule has 1 fully saturated rings. The molecule has 1 saturated heterocycles. The molecule has 0 atom stereocenters. The van der Waals surface area contributed by atoms with Gasteiger partial charge in [-0.15, -0.1) is 0 Å². The van der Waals surface area contributed by atoms with E-state index < -0.39 is 10.0 Å². The van der Waals surface area contributed by atoms with Gasteiger partial charge < -0.3 is 15.1 Å². The number of hydrogen-bond acceptors (Lipinski definition) is 4. The van der Waals surface area contributed by atoms with Gasteiger partial charge in [0.05, 0.1) is 11.2 Å². The van der Waals surface area contributed by atoms with Gasteiger partial charge in [-0.2, -0.15) is 4.31 Å². The quantitative estimate of drug-likeness (QED) is 0.545. The Morgan fingerprint density at radius 2 is 1.89 bits per heavy atom. The summed E-state index contributed by atoms with van der Waals surface area (Å²) in [6.07, 6.45) is 4.14. The number of sulfonamides is 1. The number of rotatable bonds is 7. The van der Waals surface area contributed by atoms with Crippen molar-refractivity contribution in [1.29, 1.82) is 0 Å². The Kier molecular flexibility index (Phi) is 7.11. The maximum absolute atomic E-state index is 12.7. The summed E-state index contributed by atoms with van der Waals surface area (Å²) in [6.45, 7) is 2.61. The Bertz CT molecular complexity index is 843. The molecule has 1 aliphatic heterocycles. The highest BCUT2D eigenvalue weighted by molar-refractivity contribution is 7.89. The van der Waals surface area contributed by atoms with Gasteiger partial charge in [0.25, 0.3) is 0 Å². The van der Waals surface area contributed by atoms with Gasteiger partial charge in [-0.25, -0.2) is 8.42 Å². The number of hydrogen-bond donors (Lipinski definition) is 2. The van der Waals surface area contributed by atoms with Gasteiger partial charge in [-0.1, -0.05) is 18.2 Å². The van der Waals surface area contributed by atoms with Crippen molar-refractivity contribution in [3.63, 3.8) is 0 Å². The maximum Gasteiger partial charge on any atom is 0.243 e. The van der Waals surface area contributed by atoms with Gasteiger partial charge >= 0.3 is 0 Å². The van der Waals surface area contributed by atoms with Crippen LogP contribution in [0.2, 0.25) is 0 Å². The number of nitrogens with one attached hydrogen (secondary N) is 2. The fourth-order valence-corrected chi connectivity index (χ4v) is 4.81. The van der Waals surface area contributed by atoms with Crippen LogP contribution in [0.1, 0.15) is 18.6 Å². The lowest BCUT2D eigenvalue weighted by Crippen LogP contribution is -2.44. The largest absolute Gasteiger partial charge is 0.469 e. The molecule has 2 aromatic rings. The fraction of sp³-hybridized carbons (Fsp3) is 0.450. The van der Waals surface area contributed by atoms with Gasteiger partial charge in [-0.3, -0.25) is 4.99 Å². The molecule has 0 saturated carbocycles. The smallest absolute Gasteiger partial charge is 0.243 e. The van der Waals surface area contributed by atoms with Crippen molar-refractivity contribution >= 4 is 16.0 Å². The molecular weight excluding hydrogens is 376 g/mol. The van der Waals surface area contributed by atoms with Crippen LogP contribution in [0.25, 0.3) is 0 Å². The third-order valence-electron chi connectivity index (χ3n) is 4.98. The third-order valence-corrected chi connectivity index (χ3v) is 6.89.